The van der Waals surface area contributed by atoms with Crippen LogP contribution in [0, 0.1) is 6.92 Å². The smallest absolute Gasteiger partial charge is 0.0746 e. The summed E-state index contributed by atoms with van der Waals surface area (Å²) >= 11 is 9.73. The lowest BCUT2D eigenvalue weighted by Gasteiger charge is -2.14. The van der Waals surface area contributed by atoms with Gasteiger partial charge in [-0.15, -0.1) is 0 Å². The van der Waals surface area contributed by atoms with Crippen molar-refractivity contribution in [3.05, 3.63) is 57.7 Å². The number of nitrogens with zero attached hydrogens (tertiary/aromatic N) is 1. The summed E-state index contributed by atoms with van der Waals surface area (Å²) in [4.78, 5) is 4.35. The number of nitrogens with two attached hydrogens (primary N) is 1. The minimum Gasteiger partial charge on any atom is -0.396 e. The first-order valence-electron chi connectivity index (χ1n) is 6.41. The summed E-state index contributed by atoms with van der Waals surface area (Å²) < 4.78 is 0.973. The van der Waals surface area contributed by atoms with Crippen LogP contribution < -0.4 is 11.1 Å². The predicted molar refractivity (Wildman–Crippen MR) is 93.3 cm³/mol. The molecule has 3 rings (SSSR count). The highest BCUT2D eigenvalue weighted by Crippen LogP contribution is 2.34. The van der Waals surface area contributed by atoms with Gasteiger partial charge in [-0.1, -0.05) is 33.6 Å². The Labute approximate surface area is 136 Å². The van der Waals surface area contributed by atoms with E-state index in [4.69, 9.17) is 17.3 Å². The van der Waals surface area contributed by atoms with E-state index in [0.29, 0.717) is 10.7 Å². The van der Waals surface area contributed by atoms with E-state index in [0.717, 1.165) is 32.3 Å². The number of aryl methyl sites for hydroxylation is 1. The lowest BCUT2D eigenvalue weighted by Crippen LogP contribution is -1.99. The fraction of sp³-hybridized carbons (Fsp3) is 0.0625. The van der Waals surface area contributed by atoms with Crippen LogP contribution in [0.5, 0.6) is 0 Å². The average Bonchev–Trinajstić information content (AvgIpc) is 2.46. The van der Waals surface area contributed by atoms with Gasteiger partial charge >= 0.3 is 0 Å². The van der Waals surface area contributed by atoms with E-state index in [1.165, 1.54) is 0 Å². The second-order valence-electron chi connectivity index (χ2n) is 4.86. The number of nitrogen functional groups attached to an aromatic ring is 1. The number of rotatable bonds is 2. The molecule has 5 heteroatoms. The molecule has 3 N–H and O–H groups in total. The van der Waals surface area contributed by atoms with Crippen LogP contribution in [0.4, 0.5) is 17.1 Å². The van der Waals surface area contributed by atoms with Crippen molar-refractivity contribution in [1.82, 2.24) is 4.98 Å². The van der Waals surface area contributed by atoms with Crippen molar-refractivity contribution >= 4 is 55.5 Å². The first kappa shape index (κ1) is 14.2. The van der Waals surface area contributed by atoms with Crippen LogP contribution >= 0.6 is 27.5 Å². The number of fused-ring (bicyclic) bond motifs is 1. The summed E-state index contributed by atoms with van der Waals surface area (Å²) in [5, 5.41) is 4.93. The topological polar surface area (TPSA) is 50.9 Å². The van der Waals surface area contributed by atoms with Crippen molar-refractivity contribution in [3.8, 4) is 0 Å². The minimum absolute atomic E-state index is 0.582. The number of hydrogen-bond acceptors (Lipinski definition) is 3. The van der Waals surface area contributed by atoms with Crippen molar-refractivity contribution in [2.45, 2.75) is 6.92 Å². The van der Waals surface area contributed by atoms with Gasteiger partial charge < -0.3 is 11.1 Å². The first-order chi connectivity index (χ1) is 10.0. The van der Waals surface area contributed by atoms with Crippen LogP contribution in [0.1, 0.15) is 5.56 Å². The number of anilines is 3. The van der Waals surface area contributed by atoms with Gasteiger partial charge in [0.25, 0.3) is 0 Å². The molecule has 0 saturated heterocycles. The number of benzene rings is 2. The molecular weight excluding hydrogens is 350 g/mol. The monoisotopic (exact) mass is 361 g/mol. The van der Waals surface area contributed by atoms with Gasteiger partial charge in [-0.05, 0) is 42.8 Å². The molecule has 21 heavy (non-hydrogen) atoms. The Kier molecular flexibility index (Phi) is 3.74. The molecule has 0 aliphatic heterocycles. The van der Waals surface area contributed by atoms with E-state index in [9.17, 15) is 0 Å². The third-order valence-corrected chi connectivity index (χ3v) is 4.06. The lowest BCUT2D eigenvalue weighted by atomic mass is 10.1. The van der Waals surface area contributed by atoms with Gasteiger partial charge in [-0.3, -0.25) is 4.98 Å². The largest absolute Gasteiger partial charge is 0.396 e. The van der Waals surface area contributed by atoms with Gasteiger partial charge in [0.05, 0.1) is 33.8 Å². The van der Waals surface area contributed by atoms with Gasteiger partial charge in [0.2, 0.25) is 0 Å². The Bertz CT molecular complexity index is 828. The summed E-state index contributed by atoms with van der Waals surface area (Å²) in [6.45, 7) is 2.02. The minimum atomic E-state index is 0.582. The molecule has 0 radical (unpaired) electrons. The van der Waals surface area contributed by atoms with Crippen molar-refractivity contribution in [2.24, 2.45) is 0 Å². The number of hydrogen-bond donors (Lipinski definition) is 2. The number of aromatic nitrogens is 1. The molecule has 1 heterocycles. The third kappa shape index (κ3) is 2.82. The molecule has 0 spiro atoms. The predicted octanol–water partition coefficient (Wildman–Crippen LogP) is 5.28. The Hall–Kier alpha value is -1.78. The van der Waals surface area contributed by atoms with Crippen molar-refractivity contribution < 1.29 is 0 Å². The van der Waals surface area contributed by atoms with Crippen LogP contribution in [0.15, 0.2) is 47.1 Å². The zero-order valence-electron chi connectivity index (χ0n) is 11.3. The maximum atomic E-state index is 6.25. The molecule has 0 aliphatic rings. The van der Waals surface area contributed by atoms with Crippen molar-refractivity contribution in [1.29, 1.82) is 0 Å². The van der Waals surface area contributed by atoms with Gasteiger partial charge in [-0.2, -0.15) is 0 Å². The molecule has 0 aliphatic carbocycles. The number of nitrogens with one attached hydrogen (secondary N) is 1. The molecule has 3 nitrogen and oxygen atoms in total. The molecule has 2 aromatic carbocycles. The zero-order chi connectivity index (χ0) is 15.0. The fourth-order valence-corrected chi connectivity index (χ4v) is 2.72. The summed E-state index contributed by atoms with van der Waals surface area (Å²) in [5.41, 5.74) is 10.3. The molecule has 0 bridgehead atoms. The van der Waals surface area contributed by atoms with E-state index in [2.05, 4.69) is 26.2 Å². The number of pyridine rings is 1. The highest BCUT2D eigenvalue weighted by molar-refractivity contribution is 9.10. The molecule has 106 valence electrons. The molecule has 0 saturated carbocycles. The van der Waals surface area contributed by atoms with E-state index in [1.807, 2.05) is 43.3 Å². The van der Waals surface area contributed by atoms with Gasteiger partial charge in [0.15, 0.2) is 0 Å². The van der Waals surface area contributed by atoms with Gasteiger partial charge in [0.1, 0.15) is 0 Å². The Balaban J connectivity index is 2.17. The maximum Gasteiger partial charge on any atom is 0.0746 e. The lowest BCUT2D eigenvalue weighted by molar-refractivity contribution is 1.40. The molecule has 0 atom stereocenters. The van der Waals surface area contributed by atoms with E-state index in [1.54, 1.807) is 6.20 Å². The quantitative estimate of drug-likeness (QED) is 0.651. The molecule has 0 unspecified atom stereocenters. The van der Waals surface area contributed by atoms with Gasteiger partial charge in [-0.25, -0.2) is 0 Å². The van der Waals surface area contributed by atoms with Crippen LogP contribution in [-0.4, -0.2) is 4.98 Å². The zero-order valence-corrected chi connectivity index (χ0v) is 13.7. The highest BCUT2D eigenvalue weighted by atomic mass is 79.9. The van der Waals surface area contributed by atoms with Gasteiger partial charge in [0, 0.05) is 9.86 Å². The fourth-order valence-electron chi connectivity index (χ4n) is 2.19. The third-order valence-electron chi connectivity index (χ3n) is 3.24. The SMILES string of the molecule is Cc1ccc(Cl)c(Nc2c(N)cnc3ccc(Br)cc23)c1. The van der Waals surface area contributed by atoms with Crippen LogP contribution in [0.25, 0.3) is 10.9 Å². The molecule has 0 fully saturated rings. The Morgan fingerprint density at radius 1 is 1.19 bits per heavy atom. The summed E-state index contributed by atoms with van der Waals surface area (Å²) in [7, 11) is 0. The molecule has 1 aromatic heterocycles. The first-order valence-corrected chi connectivity index (χ1v) is 7.58. The molecule has 0 amide bonds. The van der Waals surface area contributed by atoms with E-state index < -0.39 is 0 Å². The van der Waals surface area contributed by atoms with Crippen LogP contribution in [-0.2, 0) is 0 Å². The second-order valence-corrected chi connectivity index (χ2v) is 6.18. The van der Waals surface area contributed by atoms with Crippen LogP contribution in [0.3, 0.4) is 0 Å². The Morgan fingerprint density at radius 3 is 2.81 bits per heavy atom. The molecule has 3 aromatic rings. The van der Waals surface area contributed by atoms with E-state index >= 15 is 0 Å². The summed E-state index contributed by atoms with van der Waals surface area (Å²) in [6.07, 6.45) is 1.66. The van der Waals surface area contributed by atoms with E-state index in [-0.39, 0.29) is 0 Å². The van der Waals surface area contributed by atoms with Crippen LogP contribution in [0.2, 0.25) is 5.02 Å². The Morgan fingerprint density at radius 2 is 2.00 bits per heavy atom. The van der Waals surface area contributed by atoms with Crippen molar-refractivity contribution in [2.75, 3.05) is 11.1 Å². The highest BCUT2D eigenvalue weighted by Gasteiger charge is 2.09. The summed E-state index contributed by atoms with van der Waals surface area (Å²) in [6, 6.07) is 11.7. The molecular formula is C16H13BrClN3. The summed E-state index contributed by atoms with van der Waals surface area (Å²) in [5.74, 6) is 0. The standard InChI is InChI=1S/C16H13BrClN3/c1-9-2-4-12(18)15(6-9)21-16-11-7-10(17)3-5-14(11)20-8-13(16)19/h2-8H,19H2,1H3,(H,20,21). The second kappa shape index (κ2) is 5.54. The number of halogens is 2. The normalized spacial score (nSPS) is 10.8. The van der Waals surface area contributed by atoms with Crippen molar-refractivity contribution in [3.63, 3.8) is 0 Å². The average molecular weight is 363 g/mol. The maximum absolute atomic E-state index is 6.25.